The molecule has 0 fully saturated rings. The fourth-order valence-corrected chi connectivity index (χ4v) is 4.36. The second kappa shape index (κ2) is 8.32. The third-order valence-corrected chi connectivity index (χ3v) is 5.91. The average Bonchev–Trinajstić information content (AvgIpc) is 3.05. The van der Waals surface area contributed by atoms with Gasteiger partial charge in [0, 0.05) is 7.05 Å². The molecule has 0 aromatic heterocycles. The minimum Gasteiger partial charge on any atom is -0.468 e. The molecule has 1 aliphatic rings. The van der Waals surface area contributed by atoms with E-state index in [9.17, 15) is 22.8 Å². The fourth-order valence-electron chi connectivity index (χ4n) is 3.04. The van der Waals surface area contributed by atoms with Gasteiger partial charge >= 0.3 is 12.1 Å². The number of nitrogens with zero attached hydrogens (tertiary/aromatic N) is 1. The van der Waals surface area contributed by atoms with Crippen molar-refractivity contribution in [3.8, 4) is 0 Å². The van der Waals surface area contributed by atoms with Crippen molar-refractivity contribution in [1.82, 2.24) is 4.90 Å². The van der Waals surface area contributed by atoms with E-state index in [2.05, 4.69) is 4.74 Å². The molecule has 2 aromatic carbocycles. The summed E-state index contributed by atoms with van der Waals surface area (Å²) in [6.07, 6.45) is -4.53. The van der Waals surface area contributed by atoms with Crippen LogP contribution in [0.2, 0.25) is 0 Å². The maximum Gasteiger partial charge on any atom is 0.416 e. The second-order valence-electron chi connectivity index (χ2n) is 6.46. The average molecular weight is 421 g/mol. The van der Waals surface area contributed by atoms with Crippen molar-refractivity contribution in [3.05, 3.63) is 76.3 Å². The number of ether oxygens (including phenoxy) is 1. The van der Waals surface area contributed by atoms with Gasteiger partial charge in [-0.25, -0.2) is 0 Å². The Morgan fingerprint density at radius 3 is 2.45 bits per heavy atom. The molecule has 0 saturated heterocycles. The molecule has 152 valence electrons. The van der Waals surface area contributed by atoms with Crippen molar-refractivity contribution in [2.75, 3.05) is 20.7 Å². The number of hydrogen-bond acceptors (Lipinski definition) is 5. The van der Waals surface area contributed by atoms with E-state index in [-0.39, 0.29) is 23.5 Å². The molecular formula is C21H18F3NO3S. The van der Waals surface area contributed by atoms with Crippen LogP contribution in [0.15, 0.2) is 59.6 Å². The van der Waals surface area contributed by atoms with Gasteiger partial charge in [0.1, 0.15) is 6.54 Å². The molecule has 29 heavy (non-hydrogen) atoms. The number of halogens is 3. The smallest absolute Gasteiger partial charge is 0.416 e. The summed E-state index contributed by atoms with van der Waals surface area (Å²) in [4.78, 5) is 26.5. The van der Waals surface area contributed by atoms with Crippen LogP contribution in [0.5, 0.6) is 0 Å². The van der Waals surface area contributed by atoms with E-state index in [1.807, 2.05) is 6.07 Å². The number of carbonyl (C=O) groups is 2. The van der Waals surface area contributed by atoms with Crippen molar-refractivity contribution in [1.29, 1.82) is 0 Å². The molecule has 8 heteroatoms. The number of carbonyl (C=O) groups excluding carboxylic acids is 2. The third kappa shape index (κ3) is 4.48. The van der Waals surface area contributed by atoms with Crippen LogP contribution in [-0.2, 0) is 20.5 Å². The van der Waals surface area contributed by atoms with E-state index in [4.69, 9.17) is 0 Å². The largest absolute Gasteiger partial charge is 0.468 e. The Kier molecular flexibility index (Phi) is 6.02. The zero-order chi connectivity index (χ0) is 21.2. The van der Waals surface area contributed by atoms with Crippen LogP contribution in [0.4, 0.5) is 13.2 Å². The van der Waals surface area contributed by atoms with Crippen LogP contribution >= 0.6 is 11.8 Å². The molecule has 3 rings (SSSR count). The number of alkyl halides is 3. The van der Waals surface area contributed by atoms with Gasteiger partial charge in [0.25, 0.3) is 0 Å². The van der Waals surface area contributed by atoms with Gasteiger partial charge in [0.05, 0.1) is 28.5 Å². The molecular weight excluding hydrogens is 403 g/mol. The van der Waals surface area contributed by atoms with Gasteiger partial charge in [-0.3, -0.25) is 9.59 Å². The van der Waals surface area contributed by atoms with Gasteiger partial charge in [0.15, 0.2) is 5.78 Å². The molecule has 1 heterocycles. The van der Waals surface area contributed by atoms with Gasteiger partial charge in [0.2, 0.25) is 0 Å². The SMILES string of the molecule is COC(=O)CN(C)C1=C(c2cccc(C(F)(F)F)c2)C(=O)C(c2ccccc2)S1. The predicted molar refractivity (Wildman–Crippen MR) is 105 cm³/mol. The van der Waals surface area contributed by atoms with E-state index >= 15 is 0 Å². The van der Waals surface area contributed by atoms with E-state index in [1.165, 1.54) is 35.9 Å². The third-order valence-electron chi connectivity index (χ3n) is 4.45. The number of benzene rings is 2. The Labute approximate surface area is 170 Å². The summed E-state index contributed by atoms with van der Waals surface area (Å²) in [6, 6.07) is 13.7. The first-order chi connectivity index (χ1) is 13.7. The molecule has 1 unspecified atom stereocenters. The Hall–Kier alpha value is -2.74. The minimum atomic E-state index is -4.53. The molecule has 0 amide bonds. The zero-order valence-corrected chi connectivity index (χ0v) is 16.5. The quantitative estimate of drug-likeness (QED) is 0.664. The number of hydrogen-bond donors (Lipinski definition) is 0. The van der Waals surface area contributed by atoms with Gasteiger partial charge < -0.3 is 9.64 Å². The van der Waals surface area contributed by atoms with E-state index in [0.717, 1.165) is 17.7 Å². The highest BCUT2D eigenvalue weighted by molar-refractivity contribution is 8.04. The summed E-state index contributed by atoms with van der Waals surface area (Å²) < 4.78 is 44.2. The maximum absolute atomic E-state index is 13.2. The van der Waals surface area contributed by atoms with Crippen LogP contribution in [-0.4, -0.2) is 37.4 Å². The summed E-state index contributed by atoms with van der Waals surface area (Å²) in [5.41, 5.74) is 0.246. The monoisotopic (exact) mass is 421 g/mol. The molecule has 2 aromatic rings. The number of rotatable bonds is 5. The lowest BCUT2D eigenvalue weighted by molar-refractivity contribution is -0.141. The zero-order valence-electron chi connectivity index (χ0n) is 15.7. The van der Waals surface area contributed by atoms with Crippen LogP contribution < -0.4 is 0 Å². The number of esters is 1. The topological polar surface area (TPSA) is 46.6 Å². The van der Waals surface area contributed by atoms with Gasteiger partial charge in [-0.2, -0.15) is 13.2 Å². The molecule has 0 N–H and O–H groups in total. The molecule has 4 nitrogen and oxygen atoms in total. The Morgan fingerprint density at radius 2 is 1.83 bits per heavy atom. The van der Waals surface area contributed by atoms with Gasteiger partial charge in [-0.05, 0) is 23.3 Å². The van der Waals surface area contributed by atoms with Crippen molar-refractivity contribution < 1.29 is 27.5 Å². The first-order valence-corrected chi connectivity index (χ1v) is 9.56. The van der Waals surface area contributed by atoms with E-state index in [0.29, 0.717) is 5.03 Å². The highest BCUT2D eigenvalue weighted by atomic mass is 32.2. The molecule has 1 aliphatic heterocycles. The number of ketones is 1. The molecule has 1 atom stereocenters. The molecule has 0 saturated carbocycles. The van der Waals surface area contributed by atoms with Gasteiger partial charge in [-0.1, -0.05) is 54.2 Å². The Balaban J connectivity index is 2.07. The molecule has 0 radical (unpaired) electrons. The van der Waals surface area contributed by atoms with Crippen LogP contribution in [0.3, 0.4) is 0 Å². The van der Waals surface area contributed by atoms with Crippen molar-refractivity contribution in [2.45, 2.75) is 11.4 Å². The first-order valence-electron chi connectivity index (χ1n) is 8.68. The van der Waals surface area contributed by atoms with Crippen LogP contribution in [0.25, 0.3) is 5.57 Å². The minimum absolute atomic E-state index is 0.129. The highest BCUT2D eigenvalue weighted by Gasteiger charge is 2.39. The van der Waals surface area contributed by atoms with E-state index in [1.54, 1.807) is 31.3 Å². The summed E-state index contributed by atoms with van der Waals surface area (Å²) in [5, 5.41) is -0.163. The second-order valence-corrected chi connectivity index (χ2v) is 7.56. The lowest BCUT2D eigenvalue weighted by Crippen LogP contribution is -2.25. The number of likely N-dealkylation sites (N-methyl/N-ethyl adjacent to an activating group) is 1. The van der Waals surface area contributed by atoms with Crippen molar-refractivity contribution >= 4 is 29.1 Å². The molecule has 0 spiro atoms. The fraction of sp³-hybridized carbons (Fsp3) is 0.238. The Morgan fingerprint density at radius 1 is 1.14 bits per heavy atom. The number of methoxy groups -OCH3 is 1. The first kappa shape index (κ1) is 21.0. The Bertz CT molecular complexity index is 957. The summed E-state index contributed by atoms with van der Waals surface area (Å²) >= 11 is 1.22. The maximum atomic E-state index is 13.2. The summed E-state index contributed by atoms with van der Waals surface area (Å²) in [7, 11) is 2.85. The van der Waals surface area contributed by atoms with Gasteiger partial charge in [-0.15, -0.1) is 0 Å². The normalized spacial score (nSPS) is 16.9. The van der Waals surface area contributed by atoms with Crippen LogP contribution in [0, 0.1) is 0 Å². The molecule has 0 aliphatic carbocycles. The number of Topliss-reactive ketones (excluding diaryl/α,β-unsaturated/α-hetero) is 1. The van der Waals surface area contributed by atoms with Crippen molar-refractivity contribution in [3.63, 3.8) is 0 Å². The highest BCUT2D eigenvalue weighted by Crippen LogP contribution is 2.49. The lowest BCUT2D eigenvalue weighted by atomic mass is 9.96. The van der Waals surface area contributed by atoms with Crippen molar-refractivity contribution in [2.24, 2.45) is 0 Å². The van der Waals surface area contributed by atoms with E-state index < -0.39 is 23.0 Å². The van der Waals surface area contributed by atoms with Crippen LogP contribution in [0.1, 0.15) is 21.9 Å². The summed E-state index contributed by atoms with van der Waals surface area (Å²) in [5.74, 6) is -0.813. The predicted octanol–water partition coefficient (Wildman–Crippen LogP) is 4.54. The standard InChI is InChI=1S/C21H18F3NO3S/c1-25(12-16(26)28-2)20-17(14-9-6-10-15(11-14)21(22,23)24)18(27)19(29-20)13-7-4-3-5-8-13/h3-11,19H,12H2,1-2H3. The lowest BCUT2D eigenvalue weighted by Gasteiger charge is -2.20. The number of thioether (sulfide) groups is 1. The number of allylic oxidation sites excluding steroid dienone is 1. The molecule has 0 bridgehead atoms. The summed E-state index contributed by atoms with van der Waals surface area (Å²) in [6.45, 7) is -0.129.